The van der Waals surface area contributed by atoms with Crippen molar-refractivity contribution in [2.45, 2.75) is 6.92 Å². The summed E-state index contributed by atoms with van der Waals surface area (Å²) in [5.41, 5.74) is 1.71. The SMILES string of the molecule is CCOc1ccc(C(=O)Nc2cccc(NC(=O)NC)c2)cc1. The summed E-state index contributed by atoms with van der Waals surface area (Å²) < 4.78 is 5.34. The molecule has 0 aliphatic rings. The molecule has 0 saturated carbocycles. The van der Waals surface area contributed by atoms with E-state index in [0.29, 0.717) is 23.5 Å². The molecule has 0 heterocycles. The average molecular weight is 313 g/mol. The monoisotopic (exact) mass is 313 g/mol. The second-order valence-electron chi connectivity index (χ2n) is 4.70. The number of ether oxygens (including phenoxy) is 1. The van der Waals surface area contributed by atoms with Gasteiger partial charge in [-0.3, -0.25) is 4.79 Å². The summed E-state index contributed by atoms with van der Waals surface area (Å²) in [6, 6.07) is 13.5. The van der Waals surface area contributed by atoms with Crippen LogP contribution in [-0.4, -0.2) is 25.6 Å². The van der Waals surface area contributed by atoms with Gasteiger partial charge in [0.05, 0.1) is 6.61 Å². The van der Waals surface area contributed by atoms with Crippen LogP contribution in [-0.2, 0) is 0 Å². The number of hydrogen-bond acceptors (Lipinski definition) is 3. The van der Waals surface area contributed by atoms with Crippen LogP contribution in [0.2, 0.25) is 0 Å². The maximum Gasteiger partial charge on any atom is 0.318 e. The van der Waals surface area contributed by atoms with Crippen molar-refractivity contribution in [1.29, 1.82) is 0 Å². The lowest BCUT2D eigenvalue weighted by Gasteiger charge is -2.09. The molecule has 0 radical (unpaired) electrons. The molecule has 0 atom stereocenters. The zero-order valence-corrected chi connectivity index (χ0v) is 13.1. The highest BCUT2D eigenvalue weighted by atomic mass is 16.5. The summed E-state index contributed by atoms with van der Waals surface area (Å²) in [7, 11) is 1.53. The molecule has 0 fully saturated rings. The van der Waals surface area contributed by atoms with Gasteiger partial charge in [-0.05, 0) is 49.4 Å². The Hall–Kier alpha value is -3.02. The number of anilines is 2. The molecule has 0 aliphatic carbocycles. The standard InChI is InChI=1S/C17H19N3O3/c1-3-23-15-9-7-12(8-10-15)16(21)19-13-5-4-6-14(11-13)20-17(22)18-2/h4-11H,3H2,1-2H3,(H,19,21)(H2,18,20,22). The van der Waals surface area contributed by atoms with Gasteiger partial charge in [0.25, 0.3) is 5.91 Å². The highest BCUT2D eigenvalue weighted by Crippen LogP contribution is 2.17. The Labute approximate surface area is 134 Å². The smallest absolute Gasteiger partial charge is 0.318 e. The van der Waals surface area contributed by atoms with E-state index in [1.807, 2.05) is 6.92 Å². The van der Waals surface area contributed by atoms with Gasteiger partial charge in [-0.1, -0.05) is 6.07 Å². The fraction of sp³-hybridized carbons (Fsp3) is 0.176. The maximum absolute atomic E-state index is 12.2. The third-order valence-electron chi connectivity index (χ3n) is 3.03. The van der Waals surface area contributed by atoms with Crippen LogP contribution in [0, 0.1) is 0 Å². The Bertz CT molecular complexity index is 684. The van der Waals surface area contributed by atoms with Crippen molar-refractivity contribution in [2.24, 2.45) is 0 Å². The van der Waals surface area contributed by atoms with Gasteiger partial charge < -0.3 is 20.7 Å². The summed E-state index contributed by atoms with van der Waals surface area (Å²) in [4.78, 5) is 23.5. The minimum atomic E-state index is -0.319. The molecular weight excluding hydrogens is 294 g/mol. The third kappa shape index (κ3) is 4.74. The lowest BCUT2D eigenvalue weighted by Crippen LogP contribution is -2.24. The summed E-state index contributed by atoms with van der Waals surface area (Å²) >= 11 is 0. The van der Waals surface area contributed by atoms with Gasteiger partial charge >= 0.3 is 6.03 Å². The fourth-order valence-corrected chi connectivity index (χ4v) is 1.94. The Morgan fingerprint density at radius 2 is 1.65 bits per heavy atom. The number of nitrogens with one attached hydrogen (secondary N) is 3. The van der Waals surface area contributed by atoms with Crippen LogP contribution in [0.4, 0.5) is 16.2 Å². The number of benzene rings is 2. The molecule has 0 spiro atoms. The molecule has 3 N–H and O–H groups in total. The predicted octanol–water partition coefficient (Wildman–Crippen LogP) is 3.09. The first kappa shape index (κ1) is 16.4. The zero-order chi connectivity index (χ0) is 16.7. The van der Waals surface area contributed by atoms with Gasteiger partial charge in [-0.25, -0.2) is 4.79 Å². The van der Waals surface area contributed by atoms with Crippen LogP contribution < -0.4 is 20.7 Å². The molecule has 0 aliphatic heterocycles. The van der Waals surface area contributed by atoms with Crippen molar-refractivity contribution in [2.75, 3.05) is 24.3 Å². The Morgan fingerprint density at radius 3 is 2.26 bits per heavy atom. The number of carbonyl (C=O) groups excluding carboxylic acids is 2. The van der Waals surface area contributed by atoms with E-state index in [9.17, 15) is 9.59 Å². The molecule has 2 rings (SSSR count). The van der Waals surface area contributed by atoms with E-state index in [0.717, 1.165) is 5.75 Å². The van der Waals surface area contributed by atoms with Crippen LogP contribution >= 0.6 is 0 Å². The zero-order valence-electron chi connectivity index (χ0n) is 13.1. The van der Waals surface area contributed by atoms with Crippen molar-refractivity contribution < 1.29 is 14.3 Å². The van der Waals surface area contributed by atoms with Crippen LogP contribution in [0.5, 0.6) is 5.75 Å². The van der Waals surface area contributed by atoms with Crippen LogP contribution in [0.15, 0.2) is 48.5 Å². The molecule has 6 heteroatoms. The minimum Gasteiger partial charge on any atom is -0.494 e. The van der Waals surface area contributed by atoms with E-state index >= 15 is 0 Å². The first-order valence-corrected chi connectivity index (χ1v) is 7.25. The first-order chi connectivity index (χ1) is 11.1. The van der Waals surface area contributed by atoms with Gasteiger partial charge in [0.2, 0.25) is 0 Å². The largest absolute Gasteiger partial charge is 0.494 e. The van der Waals surface area contributed by atoms with Crippen molar-refractivity contribution in [1.82, 2.24) is 5.32 Å². The fourth-order valence-electron chi connectivity index (χ4n) is 1.94. The normalized spacial score (nSPS) is 9.83. The summed E-state index contributed by atoms with van der Waals surface area (Å²) in [6.07, 6.45) is 0. The van der Waals surface area contributed by atoms with E-state index < -0.39 is 0 Å². The van der Waals surface area contributed by atoms with Crippen molar-refractivity contribution in [3.63, 3.8) is 0 Å². The van der Waals surface area contributed by atoms with E-state index in [1.54, 1.807) is 48.5 Å². The molecular formula is C17H19N3O3. The highest BCUT2D eigenvalue weighted by molar-refractivity contribution is 6.04. The van der Waals surface area contributed by atoms with E-state index in [4.69, 9.17) is 4.74 Å². The van der Waals surface area contributed by atoms with Gasteiger partial charge in [0, 0.05) is 24.0 Å². The molecule has 2 aromatic rings. The number of hydrogen-bond donors (Lipinski definition) is 3. The van der Waals surface area contributed by atoms with E-state index in [2.05, 4.69) is 16.0 Å². The molecule has 23 heavy (non-hydrogen) atoms. The summed E-state index contributed by atoms with van der Waals surface area (Å²) in [6.45, 7) is 2.48. The molecule has 0 unspecified atom stereocenters. The lowest BCUT2D eigenvalue weighted by molar-refractivity contribution is 0.102. The van der Waals surface area contributed by atoms with Gasteiger partial charge in [0.1, 0.15) is 5.75 Å². The maximum atomic E-state index is 12.2. The van der Waals surface area contributed by atoms with E-state index in [1.165, 1.54) is 7.05 Å². The summed E-state index contributed by atoms with van der Waals surface area (Å²) in [5, 5.41) is 7.90. The number of rotatable bonds is 5. The van der Waals surface area contributed by atoms with E-state index in [-0.39, 0.29) is 11.9 Å². The predicted molar refractivity (Wildman–Crippen MR) is 90.1 cm³/mol. The lowest BCUT2D eigenvalue weighted by atomic mass is 10.2. The quantitative estimate of drug-likeness (QED) is 0.793. The number of amides is 3. The van der Waals surface area contributed by atoms with Gasteiger partial charge in [0.15, 0.2) is 0 Å². The highest BCUT2D eigenvalue weighted by Gasteiger charge is 2.07. The first-order valence-electron chi connectivity index (χ1n) is 7.25. The van der Waals surface area contributed by atoms with Crippen LogP contribution in [0.3, 0.4) is 0 Å². The Balaban J connectivity index is 2.04. The Kier molecular flexibility index (Phi) is 5.57. The van der Waals surface area contributed by atoms with Crippen molar-refractivity contribution >= 4 is 23.3 Å². The topological polar surface area (TPSA) is 79.5 Å². The Morgan fingerprint density at radius 1 is 1.00 bits per heavy atom. The average Bonchev–Trinajstić information content (AvgIpc) is 2.56. The minimum absolute atomic E-state index is 0.231. The number of urea groups is 1. The van der Waals surface area contributed by atoms with Crippen molar-refractivity contribution in [3.05, 3.63) is 54.1 Å². The van der Waals surface area contributed by atoms with Gasteiger partial charge in [-0.15, -0.1) is 0 Å². The molecule has 0 bridgehead atoms. The number of carbonyl (C=O) groups is 2. The van der Waals surface area contributed by atoms with Crippen LogP contribution in [0.1, 0.15) is 17.3 Å². The summed E-state index contributed by atoms with van der Waals surface area (Å²) in [5.74, 6) is 0.492. The third-order valence-corrected chi connectivity index (χ3v) is 3.03. The second-order valence-corrected chi connectivity index (χ2v) is 4.70. The molecule has 6 nitrogen and oxygen atoms in total. The second kappa shape index (κ2) is 7.84. The molecule has 0 saturated heterocycles. The van der Waals surface area contributed by atoms with Crippen LogP contribution in [0.25, 0.3) is 0 Å². The molecule has 3 amide bonds. The van der Waals surface area contributed by atoms with Crippen molar-refractivity contribution in [3.8, 4) is 5.75 Å². The molecule has 2 aromatic carbocycles. The molecule has 0 aromatic heterocycles. The van der Waals surface area contributed by atoms with Gasteiger partial charge in [-0.2, -0.15) is 0 Å². The molecule has 120 valence electrons.